The zero-order valence-electron chi connectivity index (χ0n) is 9.71. The highest BCUT2D eigenvalue weighted by atomic mass is 32.2. The number of ether oxygens (including phenoxy) is 1. The van der Waals surface area contributed by atoms with Gasteiger partial charge >= 0.3 is 0 Å². The number of rotatable bonds is 4. The molecule has 0 saturated heterocycles. The summed E-state index contributed by atoms with van der Waals surface area (Å²) in [7, 11) is 1.62. The summed E-state index contributed by atoms with van der Waals surface area (Å²) in [5.41, 5.74) is 0.535. The van der Waals surface area contributed by atoms with Gasteiger partial charge in [-0.1, -0.05) is 23.9 Å². The Morgan fingerprint density at radius 1 is 1.50 bits per heavy atom. The summed E-state index contributed by atoms with van der Waals surface area (Å²) in [6.45, 7) is 0. The Bertz CT molecular complexity index is 598. The van der Waals surface area contributed by atoms with Crippen molar-refractivity contribution in [3.05, 3.63) is 46.4 Å². The highest BCUT2D eigenvalue weighted by Crippen LogP contribution is 2.21. The van der Waals surface area contributed by atoms with Crippen molar-refractivity contribution in [2.45, 2.75) is 10.9 Å². The van der Waals surface area contributed by atoms with Crippen LogP contribution in [0.25, 0.3) is 0 Å². The first-order valence-corrected chi connectivity index (χ1v) is 6.21. The maximum atomic E-state index is 11.2. The second-order valence-corrected chi connectivity index (χ2v) is 4.51. The zero-order chi connectivity index (χ0) is 13.0. The molecule has 0 aliphatic heterocycles. The lowest BCUT2D eigenvalue weighted by atomic mass is 10.2. The van der Waals surface area contributed by atoms with Gasteiger partial charge in [0, 0.05) is 5.75 Å². The number of aromatic amines is 1. The second kappa shape index (κ2) is 5.59. The van der Waals surface area contributed by atoms with E-state index in [0.29, 0.717) is 10.9 Å². The standard InChI is InChI=1S/C12H12N2O3S/c1-17-9-4-2-3-8(5-9)7-18-12-13-6-10(15)11(16)14-12/h2-6,15H,7H2,1H3,(H,13,14,16). The third kappa shape index (κ3) is 3.04. The molecular weight excluding hydrogens is 252 g/mol. The van der Waals surface area contributed by atoms with Crippen LogP contribution in [0, 0.1) is 0 Å². The van der Waals surface area contributed by atoms with E-state index in [9.17, 15) is 4.79 Å². The van der Waals surface area contributed by atoms with Crippen molar-refractivity contribution < 1.29 is 9.84 Å². The number of H-pyrrole nitrogens is 1. The largest absolute Gasteiger partial charge is 0.502 e. The second-order valence-electron chi connectivity index (χ2n) is 3.54. The van der Waals surface area contributed by atoms with Crippen LogP contribution in [0.1, 0.15) is 5.56 Å². The molecule has 0 radical (unpaired) electrons. The SMILES string of the molecule is COc1cccc(CSc2ncc(O)c(=O)[nH]2)c1. The van der Waals surface area contributed by atoms with Gasteiger partial charge in [0.25, 0.3) is 5.56 Å². The summed E-state index contributed by atoms with van der Waals surface area (Å²) < 4.78 is 5.13. The molecule has 1 aromatic carbocycles. The van der Waals surface area contributed by atoms with Gasteiger partial charge < -0.3 is 9.84 Å². The van der Waals surface area contributed by atoms with Crippen LogP contribution in [0.2, 0.25) is 0 Å². The van der Waals surface area contributed by atoms with Gasteiger partial charge in [-0.05, 0) is 17.7 Å². The van der Waals surface area contributed by atoms with Crippen molar-refractivity contribution >= 4 is 11.8 Å². The van der Waals surface area contributed by atoms with Gasteiger partial charge in [0.05, 0.1) is 13.3 Å². The third-order valence-corrected chi connectivity index (χ3v) is 3.23. The van der Waals surface area contributed by atoms with Crippen molar-refractivity contribution in [1.29, 1.82) is 0 Å². The number of nitrogens with zero attached hydrogens (tertiary/aromatic N) is 1. The lowest BCUT2D eigenvalue weighted by Gasteiger charge is -2.04. The minimum absolute atomic E-state index is 0.374. The topological polar surface area (TPSA) is 75.2 Å². The smallest absolute Gasteiger partial charge is 0.293 e. The Kier molecular flexibility index (Phi) is 3.88. The first kappa shape index (κ1) is 12.5. The molecule has 1 heterocycles. The molecule has 0 amide bonds. The fourth-order valence-electron chi connectivity index (χ4n) is 1.36. The van der Waals surface area contributed by atoms with Gasteiger partial charge in [0.15, 0.2) is 10.9 Å². The van der Waals surface area contributed by atoms with E-state index in [0.717, 1.165) is 17.5 Å². The Labute approximate surface area is 108 Å². The van der Waals surface area contributed by atoms with Crippen LogP contribution in [-0.2, 0) is 5.75 Å². The first-order chi connectivity index (χ1) is 8.69. The Morgan fingerprint density at radius 3 is 3.06 bits per heavy atom. The molecule has 0 saturated carbocycles. The van der Waals surface area contributed by atoms with Gasteiger partial charge in [-0.25, -0.2) is 4.98 Å². The van der Waals surface area contributed by atoms with Crippen molar-refractivity contribution in [3.63, 3.8) is 0 Å². The lowest BCUT2D eigenvalue weighted by Crippen LogP contribution is -2.06. The molecule has 2 rings (SSSR count). The maximum Gasteiger partial charge on any atom is 0.293 e. The number of hydrogen-bond donors (Lipinski definition) is 2. The van der Waals surface area contributed by atoms with Crippen molar-refractivity contribution in [2.24, 2.45) is 0 Å². The Balaban J connectivity index is 2.06. The summed E-state index contributed by atoms with van der Waals surface area (Å²) in [6.07, 6.45) is 1.15. The van der Waals surface area contributed by atoms with Crippen LogP contribution in [-0.4, -0.2) is 22.2 Å². The predicted molar refractivity (Wildman–Crippen MR) is 69.1 cm³/mol. The molecule has 0 atom stereocenters. The van der Waals surface area contributed by atoms with E-state index in [4.69, 9.17) is 9.84 Å². The average Bonchev–Trinajstić information content (AvgIpc) is 2.40. The normalized spacial score (nSPS) is 10.3. The summed E-state index contributed by atoms with van der Waals surface area (Å²) in [5.74, 6) is 1.08. The number of thioether (sulfide) groups is 1. The fraction of sp³-hybridized carbons (Fsp3) is 0.167. The molecule has 94 valence electrons. The zero-order valence-corrected chi connectivity index (χ0v) is 10.5. The number of methoxy groups -OCH3 is 1. The summed E-state index contributed by atoms with van der Waals surface area (Å²) in [4.78, 5) is 17.6. The van der Waals surface area contributed by atoms with Gasteiger partial charge in [-0.2, -0.15) is 0 Å². The Morgan fingerprint density at radius 2 is 2.33 bits per heavy atom. The van der Waals surface area contributed by atoms with E-state index < -0.39 is 5.56 Å². The molecule has 1 aromatic heterocycles. The molecule has 5 nitrogen and oxygen atoms in total. The maximum absolute atomic E-state index is 11.2. The highest BCUT2D eigenvalue weighted by Gasteiger charge is 2.02. The monoisotopic (exact) mass is 264 g/mol. The molecule has 18 heavy (non-hydrogen) atoms. The van der Waals surface area contributed by atoms with Gasteiger partial charge in [-0.15, -0.1) is 0 Å². The van der Waals surface area contributed by atoms with Gasteiger partial charge in [-0.3, -0.25) is 9.78 Å². The minimum atomic E-state index is -0.529. The third-order valence-electron chi connectivity index (χ3n) is 2.27. The number of aromatic hydroxyl groups is 1. The van der Waals surface area contributed by atoms with E-state index in [1.807, 2.05) is 24.3 Å². The summed E-state index contributed by atoms with van der Waals surface area (Å²) in [6, 6.07) is 7.66. The number of hydrogen-bond acceptors (Lipinski definition) is 5. The van der Waals surface area contributed by atoms with Crippen LogP contribution >= 0.6 is 11.8 Å². The molecule has 2 N–H and O–H groups in total. The summed E-state index contributed by atoms with van der Waals surface area (Å²) in [5, 5.41) is 9.54. The Hall–Kier alpha value is -1.95. The fourth-order valence-corrected chi connectivity index (χ4v) is 2.13. The van der Waals surface area contributed by atoms with E-state index >= 15 is 0 Å². The van der Waals surface area contributed by atoms with E-state index in [2.05, 4.69) is 9.97 Å². The molecule has 0 bridgehead atoms. The van der Waals surface area contributed by atoms with Gasteiger partial charge in [0.1, 0.15) is 5.75 Å². The van der Waals surface area contributed by atoms with Crippen molar-refractivity contribution in [2.75, 3.05) is 7.11 Å². The van der Waals surface area contributed by atoms with Crippen molar-refractivity contribution in [3.8, 4) is 11.5 Å². The summed E-state index contributed by atoms with van der Waals surface area (Å²) >= 11 is 1.38. The van der Waals surface area contributed by atoms with Crippen LogP contribution in [0.4, 0.5) is 0 Å². The molecule has 0 spiro atoms. The molecule has 0 aliphatic carbocycles. The quantitative estimate of drug-likeness (QED) is 0.650. The van der Waals surface area contributed by atoms with E-state index in [1.165, 1.54) is 11.8 Å². The van der Waals surface area contributed by atoms with Crippen LogP contribution in [0.3, 0.4) is 0 Å². The van der Waals surface area contributed by atoms with Gasteiger partial charge in [0.2, 0.25) is 0 Å². The van der Waals surface area contributed by atoms with E-state index in [1.54, 1.807) is 7.11 Å². The molecule has 0 aliphatic rings. The van der Waals surface area contributed by atoms with Crippen LogP contribution < -0.4 is 10.3 Å². The van der Waals surface area contributed by atoms with Crippen molar-refractivity contribution in [1.82, 2.24) is 9.97 Å². The van der Waals surface area contributed by atoms with Crippen LogP contribution in [0.15, 0.2) is 40.4 Å². The minimum Gasteiger partial charge on any atom is -0.502 e. The number of aromatic nitrogens is 2. The predicted octanol–water partition coefficient (Wildman–Crippen LogP) is 1.78. The molecule has 0 unspecified atom stereocenters. The van der Waals surface area contributed by atoms with E-state index in [-0.39, 0.29) is 5.75 Å². The number of nitrogens with one attached hydrogen (secondary N) is 1. The average molecular weight is 264 g/mol. The van der Waals surface area contributed by atoms with Crippen LogP contribution in [0.5, 0.6) is 11.5 Å². The molecule has 0 fully saturated rings. The molecular formula is C12H12N2O3S. The molecule has 2 aromatic rings. The highest BCUT2D eigenvalue weighted by molar-refractivity contribution is 7.98. The lowest BCUT2D eigenvalue weighted by molar-refractivity contribution is 0.414. The molecule has 6 heteroatoms. The first-order valence-electron chi connectivity index (χ1n) is 5.23. The number of benzene rings is 1.